The van der Waals surface area contributed by atoms with Gasteiger partial charge in [0.1, 0.15) is 11.3 Å². The lowest BCUT2D eigenvalue weighted by Crippen LogP contribution is -2.30. The number of rotatable bonds is 6. The van der Waals surface area contributed by atoms with Crippen LogP contribution in [0.15, 0.2) is 54.7 Å². The van der Waals surface area contributed by atoms with E-state index >= 15 is 0 Å². The molecule has 1 heterocycles. The average Bonchev–Trinajstić information content (AvgIpc) is 3.42. The molecule has 1 aromatic heterocycles. The molecule has 1 amide bonds. The van der Waals surface area contributed by atoms with Gasteiger partial charge < -0.3 is 10.1 Å². The molecule has 6 heteroatoms. The maximum absolute atomic E-state index is 12.8. The first-order valence-corrected chi connectivity index (χ1v) is 9.70. The summed E-state index contributed by atoms with van der Waals surface area (Å²) >= 11 is 0. The third kappa shape index (κ3) is 4.37. The zero-order valence-corrected chi connectivity index (χ0v) is 16.5. The monoisotopic (exact) mass is 389 g/mol. The largest absolute Gasteiger partial charge is 0.452 e. The fourth-order valence-corrected chi connectivity index (χ4v) is 3.04. The van der Waals surface area contributed by atoms with Crippen LogP contribution in [0.4, 0.5) is 0 Å². The second-order valence-corrected chi connectivity index (χ2v) is 7.39. The van der Waals surface area contributed by atoms with E-state index in [4.69, 9.17) is 4.74 Å². The van der Waals surface area contributed by atoms with Gasteiger partial charge >= 0.3 is 5.97 Å². The SMILES string of the molecule is Cc1ccc(-c2nn(-c3ccccc3)cc2C(=O)OCC(=O)NC2CC2)cc1C. The Labute approximate surface area is 169 Å². The molecule has 0 unspecified atom stereocenters. The van der Waals surface area contributed by atoms with Gasteiger partial charge in [-0.05, 0) is 56.0 Å². The van der Waals surface area contributed by atoms with Crippen LogP contribution in [0.25, 0.3) is 16.9 Å². The summed E-state index contributed by atoms with van der Waals surface area (Å²) in [7, 11) is 0. The highest BCUT2D eigenvalue weighted by atomic mass is 16.5. The number of nitrogens with zero attached hydrogens (tertiary/aromatic N) is 2. The van der Waals surface area contributed by atoms with E-state index in [2.05, 4.69) is 10.4 Å². The predicted octanol–water partition coefficient (Wildman–Crippen LogP) is 3.59. The quantitative estimate of drug-likeness (QED) is 0.654. The van der Waals surface area contributed by atoms with Crippen molar-refractivity contribution >= 4 is 11.9 Å². The molecule has 1 aliphatic rings. The van der Waals surface area contributed by atoms with Gasteiger partial charge in [-0.1, -0.05) is 30.3 Å². The number of hydrogen-bond acceptors (Lipinski definition) is 4. The molecule has 1 N–H and O–H groups in total. The molecule has 0 radical (unpaired) electrons. The fourth-order valence-electron chi connectivity index (χ4n) is 3.04. The Morgan fingerprint density at radius 2 is 1.86 bits per heavy atom. The molecule has 0 bridgehead atoms. The molecule has 6 nitrogen and oxygen atoms in total. The summed E-state index contributed by atoms with van der Waals surface area (Å²) in [5.41, 5.74) is 4.80. The lowest BCUT2D eigenvalue weighted by Gasteiger charge is -2.07. The van der Waals surface area contributed by atoms with Gasteiger partial charge in [0.15, 0.2) is 6.61 Å². The smallest absolute Gasteiger partial charge is 0.342 e. The minimum Gasteiger partial charge on any atom is -0.452 e. The first-order valence-electron chi connectivity index (χ1n) is 9.70. The molecular weight excluding hydrogens is 366 g/mol. The van der Waals surface area contributed by atoms with Crippen molar-refractivity contribution in [2.45, 2.75) is 32.7 Å². The van der Waals surface area contributed by atoms with Crippen molar-refractivity contribution in [2.75, 3.05) is 6.61 Å². The Balaban J connectivity index is 1.64. The summed E-state index contributed by atoms with van der Waals surface area (Å²) in [4.78, 5) is 24.7. The Morgan fingerprint density at radius 3 is 2.55 bits per heavy atom. The van der Waals surface area contributed by atoms with Crippen LogP contribution in [-0.4, -0.2) is 34.3 Å². The van der Waals surface area contributed by atoms with E-state index in [1.807, 2.05) is 62.4 Å². The average molecular weight is 389 g/mol. The van der Waals surface area contributed by atoms with Crippen LogP contribution in [0.5, 0.6) is 0 Å². The first kappa shape index (κ1) is 18.9. The number of esters is 1. The van der Waals surface area contributed by atoms with E-state index in [0.29, 0.717) is 11.3 Å². The maximum atomic E-state index is 12.8. The molecule has 1 aliphatic carbocycles. The van der Waals surface area contributed by atoms with Crippen molar-refractivity contribution in [2.24, 2.45) is 0 Å². The van der Waals surface area contributed by atoms with Crippen molar-refractivity contribution in [1.82, 2.24) is 15.1 Å². The van der Waals surface area contributed by atoms with Crippen molar-refractivity contribution in [3.63, 3.8) is 0 Å². The van der Waals surface area contributed by atoms with E-state index < -0.39 is 5.97 Å². The third-order valence-corrected chi connectivity index (χ3v) is 5.01. The molecule has 148 valence electrons. The number of ether oxygens (including phenoxy) is 1. The van der Waals surface area contributed by atoms with Crippen LogP contribution in [0.1, 0.15) is 34.3 Å². The van der Waals surface area contributed by atoms with Crippen molar-refractivity contribution < 1.29 is 14.3 Å². The van der Waals surface area contributed by atoms with E-state index in [1.54, 1.807) is 10.9 Å². The highest BCUT2D eigenvalue weighted by Gasteiger charge is 2.25. The van der Waals surface area contributed by atoms with Crippen LogP contribution in [0.3, 0.4) is 0 Å². The van der Waals surface area contributed by atoms with E-state index in [9.17, 15) is 9.59 Å². The molecule has 1 saturated carbocycles. The summed E-state index contributed by atoms with van der Waals surface area (Å²) < 4.78 is 6.94. The summed E-state index contributed by atoms with van der Waals surface area (Å²) in [5, 5.41) is 7.46. The van der Waals surface area contributed by atoms with Crippen molar-refractivity contribution in [3.8, 4) is 16.9 Å². The van der Waals surface area contributed by atoms with E-state index in [-0.39, 0.29) is 18.6 Å². The number of carbonyl (C=O) groups excluding carboxylic acids is 2. The zero-order valence-electron chi connectivity index (χ0n) is 16.5. The molecule has 0 atom stereocenters. The number of nitrogens with one attached hydrogen (secondary N) is 1. The summed E-state index contributed by atoms with van der Waals surface area (Å²) in [6.07, 6.45) is 3.63. The molecule has 1 fully saturated rings. The Hall–Kier alpha value is -3.41. The van der Waals surface area contributed by atoms with Gasteiger partial charge in [-0.3, -0.25) is 4.79 Å². The topological polar surface area (TPSA) is 73.2 Å². The van der Waals surface area contributed by atoms with Crippen LogP contribution in [0.2, 0.25) is 0 Å². The summed E-state index contributed by atoms with van der Waals surface area (Å²) in [6.45, 7) is 3.76. The van der Waals surface area contributed by atoms with Crippen LogP contribution >= 0.6 is 0 Å². The van der Waals surface area contributed by atoms with Gasteiger partial charge in [0.05, 0.1) is 5.69 Å². The zero-order chi connectivity index (χ0) is 20.4. The van der Waals surface area contributed by atoms with Gasteiger partial charge in [0.25, 0.3) is 5.91 Å². The van der Waals surface area contributed by atoms with E-state index in [1.165, 1.54) is 0 Å². The standard InChI is InChI=1S/C23H23N3O3/c1-15-8-9-17(12-16(15)2)22-20(13-26(25-22)19-6-4-3-5-7-19)23(28)29-14-21(27)24-18-10-11-18/h3-9,12-13,18H,10-11,14H2,1-2H3,(H,24,27). The first-order chi connectivity index (χ1) is 14.0. The molecule has 4 rings (SSSR count). The van der Waals surface area contributed by atoms with Gasteiger partial charge in [0.2, 0.25) is 0 Å². The van der Waals surface area contributed by atoms with Crippen LogP contribution < -0.4 is 5.32 Å². The minimum absolute atomic E-state index is 0.230. The minimum atomic E-state index is -0.564. The van der Waals surface area contributed by atoms with Crippen molar-refractivity contribution in [3.05, 3.63) is 71.4 Å². The number of aryl methyl sites for hydroxylation is 2. The molecule has 3 aromatic rings. The number of para-hydroxylation sites is 1. The fraction of sp³-hybridized carbons (Fsp3) is 0.261. The Kier molecular flexibility index (Phi) is 5.16. The lowest BCUT2D eigenvalue weighted by molar-refractivity contribution is -0.124. The van der Waals surface area contributed by atoms with Gasteiger partial charge in [-0.15, -0.1) is 0 Å². The van der Waals surface area contributed by atoms with E-state index in [0.717, 1.165) is 35.2 Å². The normalized spacial score (nSPS) is 13.2. The predicted molar refractivity (Wildman–Crippen MR) is 110 cm³/mol. The second-order valence-electron chi connectivity index (χ2n) is 7.39. The molecule has 29 heavy (non-hydrogen) atoms. The molecule has 0 saturated heterocycles. The Bertz CT molecular complexity index is 1050. The third-order valence-electron chi connectivity index (χ3n) is 5.01. The second kappa shape index (κ2) is 7.91. The lowest BCUT2D eigenvalue weighted by atomic mass is 10.0. The maximum Gasteiger partial charge on any atom is 0.342 e. The van der Waals surface area contributed by atoms with Gasteiger partial charge in [0, 0.05) is 17.8 Å². The molecule has 2 aromatic carbocycles. The van der Waals surface area contributed by atoms with Crippen LogP contribution in [0, 0.1) is 13.8 Å². The summed E-state index contributed by atoms with van der Waals surface area (Å²) in [6, 6.07) is 15.7. The number of carbonyl (C=O) groups is 2. The van der Waals surface area contributed by atoms with Gasteiger partial charge in [-0.25, -0.2) is 9.48 Å². The van der Waals surface area contributed by atoms with Gasteiger partial charge in [-0.2, -0.15) is 5.10 Å². The number of amides is 1. The number of aromatic nitrogens is 2. The number of hydrogen-bond donors (Lipinski definition) is 1. The molecular formula is C23H23N3O3. The van der Waals surface area contributed by atoms with Crippen LogP contribution in [-0.2, 0) is 9.53 Å². The molecule has 0 spiro atoms. The Morgan fingerprint density at radius 1 is 1.10 bits per heavy atom. The molecule has 0 aliphatic heterocycles. The highest BCUT2D eigenvalue weighted by Crippen LogP contribution is 2.26. The summed E-state index contributed by atoms with van der Waals surface area (Å²) in [5.74, 6) is -0.838. The highest BCUT2D eigenvalue weighted by molar-refractivity contribution is 5.97. The number of benzene rings is 2. The van der Waals surface area contributed by atoms with Crippen molar-refractivity contribution in [1.29, 1.82) is 0 Å².